The smallest absolute Gasteiger partial charge is 0.257 e. The van der Waals surface area contributed by atoms with Gasteiger partial charge in [-0.25, -0.2) is 8.42 Å². The number of nitrogens with one attached hydrogen (secondary N) is 1. The van der Waals surface area contributed by atoms with E-state index in [9.17, 15) is 18.0 Å². The number of furan rings is 1. The van der Waals surface area contributed by atoms with Crippen LogP contribution in [0.25, 0.3) is 0 Å². The van der Waals surface area contributed by atoms with E-state index in [1.165, 1.54) is 12.5 Å². The fourth-order valence-electron chi connectivity index (χ4n) is 3.80. The van der Waals surface area contributed by atoms with Crippen LogP contribution in [0.2, 0.25) is 0 Å². The number of nitrogens with zero attached hydrogens (tertiary/aromatic N) is 1. The first-order valence-electron chi connectivity index (χ1n) is 10.4. The van der Waals surface area contributed by atoms with Crippen LogP contribution in [0.1, 0.15) is 39.1 Å². The highest BCUT2D eigenvalue weighted by molar-refractivity contribution is 7.90. The van der Waals surface area contributed by atoms with Crippen LogP contribution in [0, 0.1) is 0 Å². The van der Waals surface area contributed by atoms with Gasteiger partial charge in [0.2, 0.25) is 0 Å². The average Bonchev–Trinajstić information content (AvgIpc) is 3.35. The maximum absolute atomic E-state index is 12.7. The molecule has 4 rings (SSSR count). The molecular weight excluding hydrogens is 428 g/mol. The Labute approximate surface area is 187 Å². The largest absolute Gasteiger partial charge is 0.472 e. The lowest BCUT2D eigenvalue weighted by Gasteiger charge is -2.32. The maximum atomic E-state index is 12.7. The minimum atomic E-state index is -3.49. The van der Waals surface area contributed by atoms with E-state index in [1.807, 2.05) is 0 Å². The van der Waals surface area contributed by atoms with Gasteiger partial charge < -0.3 is 14.6 Å². The number of hydrogen-bond donors (Lipinski definition) is 1. The Morgan fingerprint density at radius 1 is 0.969 bits per heavy atom. The van der Waals surface area contributed by atoms with Gasteiger partial charge in [0.1, 0.15) is 6.26 Å². The molecule has 1 fully saturated rings. The average molecular weight is 453 g/mol. The molecule has 2 amide bonds. The zero-order valence-corrected chi connectivity index (χ0v) is 18.3. The van der Waals surface area contributed by atoms with Crippen LogP contribution in [0.4, 0.5) is 0 Å². The van der Waals surface area contributed by atoms with Gasteiger partial charge in [0, 0.05) is 24.7 Å². The van der Waals surface area contributed by atoms with E-state index in [4.69, 9.17) is 4.42 Å². The van der Waals surface area contributed by atoms with Gasteiger partial charge in [-0.05, 0) is 48.7 Å². The minimum absolute atomic E-state index is 0.0485. The molecule has 1 aliphatic heterocycles. The first-order valence-corrected chi connectivity index (χ1v) is 12.1. The topological polar surface area (TPSA) is 96.7 Å². The van der Waals surface area contributed by atoms with E-state index in [-0.39, 0.29) is 28.5 Å². The van der Waals surface area contributed by atoms with Gasteiger partial charge in [0.25, 0.3) is 11.8 Å². The Hall–Kier alpha value is -3.39. The Balaban J connectivity index is 1.35. The molecule has 0 radical (unpaired) electrons. The summed E-state index contributed by atoms with van der Waals surface area (Å²) in [5, 5.41) is 3.01. The summed E-state index contributed by atoms with van der Waals surface area (Å²) in [6.07, 6.45) is 4.20. The number of likely N-dealkylation sites (tertiary alicyclic amines) is 1. The summed E-state index contributed by atoms with van der Waals surface area (Å²) in [7, 11) is -3.49. The number of sulfone groups is 1. The molecule has 2 aromatic carbocycles. The molecule has 0 bridgehead atoms. The first kappa shape index (κ1) is 21.8. The number of benzene rings is 2. The van der Waals surface area contributed by atoms with E-state index in [0.29, 0.717) is 42.6 Å². The quantitative estimate of drug-likeness (QED) is 0.619. The summed E-state index contributed by atoms with van der Waals surface area (Å²) < 4.78 is 30.2. The molecule has 0 unspecified atom stereocenters. The Morgan fingerprint density at radius 3 is 2.41 bits per heavy atom. The van der Waals surface area contributed by atoms with E-state index in [2.05, 4.69) is 5.32 Å². The molecular formula is C24H24N2O5S. The maximum Gasteiger partial charge on any atom is 0.257 e. The number of carbonyl (C=O) groups is 2. The van der Waals surface area contributed by atoms with Gasteiger partial charge in [0.15, 0.2) is 9.84 Å². The van der Waals surface area contributed by atoms with Gasteiger partial charge in [-0.2, -0.15) is 0 Å². The third-order valence-electron chi connectivity index (χ3n) is 5.53. The number of carbonyl (C=O) groups excluding carboxylic acids is 2. The highest BCUT2D eigenvalue weighted by atomic mass is 32.2. The molecule has 7 nitrogen and oxygen atoms in total. The van der Waals surface area contributed by atoms with Crippen molar-refractivity contribution in [1.29, 1.82) is 0 Å². The molecule has 1 N–H and O–H groups in total. The van der Waals surface area contributed by atoms with Crippen molar-refractivity contribution in [3.63, 3.8) is 0 Å². The van der Waals surface area contributed by atoms with Gasteiger partial charge in [-0.15, -0.1) is 0 Å². The predicted octanol–water partition coefficient (Wildman–Crippen LogP) is 3.29. The number of piperidine rings is 1. The van der Waals surface area contributed by atoms with Crippen LogP contribution < -0.4 is 5.32 Å². The molecule has 3 aromatic rings. The van der Waals surface area contributed by atoms with Crippen molar-refractivity contribution in [1.82, 2.24) is 10.2 Å². The summed E-state index contributed by atoms with van der Waals surface area (Å²) in [5.41, 5.74) is 1.50. The molecule has 32 heavy (non-hydrogen) atoms. The number of amides is 2. The van der Waals surface area contributed by atoms with Crippen LogP contribution in [-0.4, -0.2) is 44.3 Å². The predicted molar refractivity (Wildman–Crippen MR) is 119 cm³/mol. The third-order valence-corrected chi connectivity index (χ3v) is 7.24. The zero-order chi connectivity index (χ0) is 22.6. The Kier molecular flexibility index (Phi) is 6.41. The number of rotatable bonds is 6. The molecule has 1 aliphatic rings. The molecule has 166 valence electrons. The first-order chi connectivity index (χ1) is 15.4. The Bertz CT molecular complexity index is 1180. The van der Waals surface area contributed by atoms with Gasteiger partial charge in [-0.3, -0.25) is 9.59 Å². The normalized spacial score (nSPS) is 14.8. The second-order valence-electron chi connectivity index (χ2n) is 7.82. The molecule has 0 saturated carbocycles. The van der Waals surface area contributed by atoms with Gasteiger partial charge >= 0.3 is 0 Å². The lowest BCUT2D eigenvalue weighted by atomic mass is 10.0. The monoisotopic (exact) mass is 452 g/mol. The van der Waals surface area contributed by atoms with E-state index >= 15 is 0 Å². The van der Waals surface area contributed by atoms with Crippen LogP contribution >= 0.6 is 0 Å². The molecule has 2 heterocycles. The molecule has 0 spiro atoms. The molecule has 1 aromatic heterocycles. The van der Waals surface area contributed by atoms with Crippen molar-refractivity contribution in [3.05, 3.63) is 89.9 Å². The van der Waals surface area contributed by atoms with Crippen molar-refractivity contribution in [2.75, 3.05) is 13.1 Å². The van der Waals surface area contributed by atoms with Gasteiger partial charge in [-0.1, -0.05) is 30.3 Å². The second-order valence-corrected chi connectivity index (χ2v) is 9.81. The standard InChI is InChI=1S/C24H24N2O5S/c27-23(25-21-9-12-26(13-10-21)24(28)20-11-14-31-16-20)19-6-4-5-18(15-19)17-32(29,30)22-7-2-1-3-8-22/h1-8,11,14-16,21H,9-10,12-13,17H2,(H,25,27). The second kappa shape index (κ2) is 9.40. The Morgan fingerprint density at radius 2 is 1.72 bits per heavy atom. The lowest BCUT2D eigenvalue weighted by Crippen LogP contribution is -2.46. The van der Waals surface area contributed by atoms with Gasteiger partial charge in [0.05, 0.1) is 22.5 Å². The van der Waals surface area contributed by atoms with Crippen molar-refractivity contribution in [3.8, 4) is 0 Å². The third kappa shape index (κ3) is 5.08. The van der Waals surface area contributed by atoms with E-state index < -0.39 is 9.84 Å². The summed E-state index contributed by atoms with van der Waals surface area (Å²) in [6.45, 7) is 1.09. The molecule has 0 atom stereocenters. The molecule has 1 saturated heterocycles. The van der Waals surface area contributed by atoms with E-state index in [0.717, 1.165) is 0 Å². The van der Waals surface area contributed by atoms with Crippen LogP contribution in [0.5, 0.6) is 0 Å². The fourth-order valence-corrected chi connectivity index (χ4v) is 5.15. The summed E-state index contributed by atoms with van der Waals surface area (Å²) >= 11 is 0. The van der Waals surface area contributed by atoms with Crippen molar-refractivity contribution >= 4 is 21.7 Å². The lowest BCUT2D eigenvalue weighted by molar-refractivity contribution is 0.0697. The fraction of sp³-hybridized carbons (Fsp3) is 0.250. The molecule has 0 aliphatic carbocycles. The minimum Gasteiger partial charge on any atom is -0.472 e. The van der Waals surface area contributed by atoms with Crippen molar-refractivity contribution in [2.45, 2.75) is 29.5 Å². The highest BCUT2D eigenvalue weighted by Gasteiger charge is 2.25. The van der Waals surface area contributed by atoms with E-state index in [1.54, 1.807) is 65.6 Å². The highest BCUT2D eigenvalue weighted by Crippen LogP contribution is 2.18. The summed E-state index contributed by atoms with van der Waals surface area (Å²) in [5.74, 6) is -0.494. The van der Waals surface area contributed by atoms with Crippen molar-refractivity contribution in [2.24, 2.45) is 0 Å². The molecule has 8 heteroatoms. The number of hydrogen-bond acceptors (Lipinski definition) is 5. The zero-order valence-electron chi connectivity index (χ0n) is 17.4. The van der Waals surface area contributed by atoms with Crippen LogP contribution in [0.15, 0.2) is 82.5 Å². The summed E-state index contributed by atoms with van der Waals surface area (Å²) in [6, 6.07) is 16.5. The summed E-state index contributed by atoms with van der Waals surface area (Å²) in [4.78, 5) is 27.2. The van der Waals surface area contributed by atoms with Crippen LogP contribution in [0.3, 0.4) is 0 Å². The van der Waals surface area contributed by atoms with Crippen LogP contribution in [-0.2, 0) is 15.6 Å². The van der Waals surface area contributed by atoms with Crippen molar-refractivity contribution < 1.29 is 22.4 Å². The SMILES string of the molecule is O=C(NC1CCN(C(=O)c2ccoc2)CC1)c1cccc(CS(=O)(=O)c2ccccc2)c1.